The molecule has 1 saturated heterocycles. The largest absolute Gasteiger partial charge is 0.456 e. The highest BCUT2D eigenvalue weighted by Gasteiger charge is 2.54. The number of carbonyl (C=O) groups excluding carboxylic acids is 3. The maximum absolute atomic E-state index is 14.4. The average molecular weight is 477 g/mol. The molecule has 9 nitrogen and oxygen atoms in total. The summed E-state index contributed by atoms with van der Waals surface area (Å²) in [5, 5.41) is 14.6. The minimum absolute atomic E-state index is 0.112. The number of hydrogen-bond acceptors (Lipinski definition) is 8. The number of thiophene rings is 1. The second-order valence-corrected chi connectivity index (χ2v) is 9.10. The molecule has 2 aromatic rings. The number of rotatable bonds is 7. The van der Waals surface area contributed by atoms with Gasteiger partial charge in [-0.2, -0.15) is 0 Å². The molecular weight excluding hydrogens is 461 g/mol. The molecule has 1 N–H and O–H groups in total. The first-order valence-corrected chi connectivity index (χ1v) is 11.3. The van der Waals surface area contributed by atoms with Crippen molar-refractivity contribution in [3.8, 4) is 0 Å². The van der Waals surface area contributed by atoms with E-state index in [9.17, 15) is 28.9 Å². The first-order chi connectivity index (χ1) is 15.3. The van der Waals surface area contributed by atoms with Gasteiger partial charge in [-0.3, -0.25) is 24.6 Å². The van der Waals surface area contributed by atoms with Gasteiger partial charge in [-0.05, 0) is 29.1 Å². The van der Waals surface area contributed by atoms with Crippen LogP contribution in [0, 0.1) is 10.1 Å². The molecule has 1 unspecified atom stereocenters. The summed E-state index contributed by atoms with van der Waals surface area (Å²) in [6, 6.07) is 8.15. The van der Waals surface area contributed by atoms with Gasteiger partial charge >= 0.3 is 5.97 Å². The van der Waals surface area contributed by atoms with Gasteiger partial charge in [0.05, 0.1) is 11.3 Å². The number of non-ortho nitro benzene ring substituents is 1. The summed E-state index contributed by atoms with van der Waals surface area (Å²) < 4.78 is 19.6. The Morgan fingerprint density at radius 1 is 1.28 bits per heavy atom. The van der Waals surface area contributed by atoms with Crippen molar-refractivity contribution in [2.45, 2.75) is 24.4 Å². The third-order valence-corrected chi connectivity index (χ3v) is 6.98. The highest BCUT2D eigenvalue weighted by atomic mass is 32.2. The number of hydrogen-bond donors (Lipinski definition) is 1. The Kier molecular flexibility index (Phi) is 6.24. The molecule has 0 aliphatic carbocycles. The van der Waals surface area contributed by atoms with Crippen LogP contribution in [-0.2, 0) is 32.1 Å². The summed E-state index contributed by atoms with van der Waals surface area (Å²) in [4.78, 5) is 49.4. The van der Waals surface area contributed by atoms with Gasteiger partial charge in [0.1, 0.15) is 23.8 Å². The normalized spacial score (nSPS) is 19.8. The lowest BCUT2D eigenvalue weighted by Crippen LogP contribution is -2.70. The molecule has 4 rings (SSSR count). The number of carbonyl (C=O) groups is 3. The van der Waals surface area contributed by atoms with Crippen molar-refractivity contribution in [3.63, 3.8) is 0 Å². The molecule has 0 bridgehead atoms. The van der Waals surface area contributed by atoms with Crippen LogP contribution in [0.4, 0.5) is 10.1 Å². The predicted molar refractivity (Wildman–Crippen MR) is 114 cm³/mol. The van der Waals surface area contributed by atoms with Crippen LogP contribution >= 0.6 is 23.1 Å². The molecule has 1 fully saturated rings. The molecule has 2 aliphatic rings. The lowest BCUT2D eigenvalue weighted by molar-refractivity contribution is -0.384. The molecule has 1 aromatic heterocycles. The molecular formula is C20H16FN3O6S2. The molecule has 12 heteroatoms. The molecule has 166 valence electrons. The van der Waals surface area contributed by atoms with Crippen LogP contribution < -0.4 is 5.32 Å². The molecule has 0 spiro atoms. The number of esters is 1. The third-order valence-electron chi connectivity index (χ3n) is 4.86. The third kappa shape index (κ3) is 4.36. The fourth-order valence-electron chi connectivity index (χ4n) is 3.30. The number of benzene rings is 1. The van der Waals surface area contributed by atoms with Gasteiger partial charge in [0.25, 0.3) is 11.6 Å². The van der Waals surface area contributed by atoms with Gasteiger partial charge < -0.3 is 10.1 Å². The number of ether oxygens (including phenoxy) is 1. The average Bonchev–Trinajstić information content (AvgIpc) is 3.28. The number of nitro groups is 1. The van der Waals surface area contributed by atoms with Crippen molar-refractivity contribution in [3.05, 3.63) is 73.9 Å². The fraction of sp³-hybridized carbons (Fsp3) is 0.250. The van der Waals surface area contributed by atoms with Crippen LogP contribution in [0.5, 0.6) is 0 Å². The van der Waals surface area contributed by atoms with Crippen molar-refractivity contribution < 1.29 is 28.4 Å². The summed E-state index contributed by atoms with van der Waals surface area (Å²) in [7, 11) is 0. The van der Waals surface area contributed by atoms with E-state index in [1.54, 1.807) is 0 Å². The second-order valence-electron chi connectivity index (χ2n) is 6.96. The molecule has 3 heterocycles. The van der Waals surface area contributed by atoms with E-state index >= 15 is 0 Å². The zero-order valence-electron chi connectivity index (χ0n) is 16.4. The van der Waals surface area contributed by atoms with E-state index in [0.29, 0.717) is 5.56 Å². The summed E-state index contributed by atoms with van der Waals surface area (Å²) >= 11 is 2.54. The van der Waals surface area contributed by atoms with Crippen molar-refractivity contribution in [1.82, 2.24) is 10.2 Å². The van der Waals surface area contributed by atoms with E-state index in [0.717, 1.165) is 21.5 Å². The molecule has 2 amide bonds. The second kappa shape index (κ2) is 9.09. The van der Waals surface area contributed by atoms with Crippen molar-refractivity contribution in [1.29, 1.82) is 0 Å². The van der Waals surface area contributed by atoms with Gasteiger partial charge in [-0.25, -0.2) is 9.18 Å². The topological polar surface area (TPSA) is 119 Å². The van der Waals surface area contributed by atoms with Crippen molar-refractivity contribution in [2.24, 2.45) is 0 Å². The quantitative estimate of drug-likeness (QED) is 0.282. The molecule has 2 atom stereocenters. The Labute approximate surface area is 189 Å². The van der Waals surface area contributed by atoms with E-state index in [-0.39, 0.29) is 30.4 Å². The summed E-state index contributed by atoms with van der Waals surface area (Å²) in [6.45, 7) is -0.242. The summed E-state index contributed by atoms with van der Waals surface area (Å²) in [5.41, 5.74) is -0.107. The van der Waals surface area contributed by atoms with E-state index < -0.39 is 39.7 Å². The first kappa shape index (κ1) is 22.0. The highest BCUT2D eigenvalue weighted by Crippen LogP contribution is 2.41. The maximum Gasteiger partial charge on any atom is 0.358 e. The SMILES string of the molecule is O=C(Cc1cccs1)NC1C(=O)N2C(C(=O)OCc3ccc([N+](=O)[O-])cc3)=C(F)CS[C@@H]12. The van der Waals surface area contributed by atoms with Crippen LogP contribution in [0.25, 0.3) is 0 Å². The number of amides is 2. The van der Waals surface area contributed by atoms with Gasteiger partial charge in [0.2, 0.25) is 5.91 Å². The smallest absolute Gasteiger partial charge is 0.358 e. The van der Waals surface area contributed by atoms with E-state index in [2.05, 4.69) is 5.32 Å². The number of nitrogens with one attached hydrogen (secondary N) is 1. The summed E-state index contributed by atoms with van der Waals surface area (Å²) in [6.07, 6.45) is 0.132. The minimum Gasteiger partial charge on any atom is -0.456 e. The zero-order chi connectivity index (χ0) is 22.8. The molecule has 0 saturated carbocycles. The van der Waals surface area contributed by atoms with Crippen LogP contribution in [-0.4, -0.2) is 44.8 Å². The van der Waals surface area contributed by atoms with Crippen molar-refractivity contribution >= 4 is 46.6 Å². The number of nitrogens with zero attached hydrogens (tertiary/aromatic N) is 2. The number of β-lactam (4-membered cyclic amide) rings is 1. The number of nitro benzene ring substituents is 1. The molecule has 2 aliphatic heterocycles. The Morgan fingerprint density at radius 3 is 2.69 bits per heavy atom. The molecule has 0 radical (unpaired) electrons. The maximum atomic E-state index is 14.4. The number of fused-ring (bicyclic) bond motifs is 1. The number of halogens is 1. The lowest BCUT2D eigenvalue weighted by Gasteiger charge is -2.48. The van der Waals surface area contributed by atoms with E-state index in [1.807, 2.05) is 17.5 Å². The Morgan fingerprint density at radius 2 is 2.03 bits per heavy atom. The Balaban J connectivity index is 1.38. The van der Waals surface area contributed by atoms with E-state index in [4.69, 9.17) is 4.74 Å². The first-order valence-electron chi connectivity index (χ1n) is 9.40. The van der Waals surface area contributed by atoms with Gasteiger partial charge in [-0.15, -0.1) is 23.1 Å². The van der Waals surface area contributed by atoms with Crippen LogP contribution in [0.2, 0.25) is 0 Å². The van der Waals surface area contributed by atoms with Crippen LogP contribution in [0.15, 0.2) is 53.3 Å². The number of thioether (sulfide) groups is 1. The van der Waals surface area contributed by atoms with Crippen LogP contribution in [0.1, 0.15) is 10.4 Å². The minimum atomic E-state index is -1.01. The van der Waals surface area contributed by atoms with E-state index in [1.165, 1.54) is 35.6 Å². The summed E-state index contributed by atoms with van der Waals surface area (Å²) in [5.74, 6) is -2.84. The monoisotopic (exact) mass is 477 g/mol. The standard InChI is InChI=1S/C20H16FN3O6S2/c21-14-10-32-19-16(22-15(25)8-13-2-1-7-31-13)18(26)23(19)17(14)20(27)30-9-11-3-5-12(6-4-11)24(28)29/h1-7,16,19H,8-10H2,(H,22,25)/t16?,19-/m0/s1. The zero-order valence-corrected chi connectivity index (χ0v) is 18.0. The highest BCUT2D eigenvalue weighted by molar-refractivity contribution is 8.00. The van der Waals surface area contributed by atoms with Gasteiger partial charge in [0, 0.05) is 22.8 Å². The molecule has 1 aromatic carbocycles. The fourth-order valence-corrected chi connectivity index (χ4v) is 5.19. The van der Waals surface area contributed by atoms with Gasteiger partial charge in [0.15, 0.2) is 5.70 Å². The lowest BCUT2D eigenvalue weighted by atomic mass is 10.0. The predicted octanol–water partition coefficient (Wildman–Crippen LogP) is 2.52. The van der Waals surface area contributed by atoms with Crippen LogP contribution in [0.3, 0.4) is 0 Å². The Bertz CT molecular complexity index is 1100. The Hall–Kier alpha value is -3.25. The van der Waals surface area contributed by atoms with Gasteiger partial charge in [-0.1, -0.05) is 6.07 Å². The van der Waals surface area contributed by atoms with Crippen molar-refractivity contribution in [2.75, 3.05) is 5.75 Å². The molecule has 32 heavy (non-hydrogen) atoms.